The Bertz CT molecular complexity index is 511. The van der Waals surface area contributed by atoms with Crippen LogP contribution >= 0.6 is 0 Å². The third kappa shape index (κ3) is 4.93. The van der Waals surface area contributed by atoms with E-state index in [1.165, 1.54) is 0 Å². The number of aromatic nitrogens is 2. The van der Waals surface area contributed by atoms with Gasteiger partial charge in [0.15, 0.2) is 0 Å². The normalized spacial score (nSPS) is 22.2. The van der Waals surface area contributed by atoms with Gasteiger partial charge in [0.25, 0.3) is 0 Å². The monoisotopic (exact) mass is 308 g/mol. The lowest BCUT2D eigenvalue weighted by atomic mass is 9.91. The number of rotatable bonds is 3. The van der Waals surface area contributed by atoms with E-state index >= 15 is 0 Å². The van der Waals surface area contributed by atoms with Crippen LogP contribution in [0, 0.1) is 6.92 Å². The average molecular weight is 308 g/mol. The highest BCUT2D eigenvalue weighted by atomic mass is 16.6. The number of carbonyl (C=O) groups is 1. The van der Waals surface area contributed by atoms with Crippen molar-refractivity contribution in [1.29, 1.82) is 0 Å². The van der Waals surface area contributed by atoms with Crippen molar-refractivity contribution in [3.8, 4) is 0 Å². The molecule has 6 nitrogen and oxygen atoms in total. The van der Waals surface area contributed by atoms with E-state index in [-0.39, 0.29) is 12.1 Å². The van der Waals surface area contributed by atoms with Crippen LogP contribution in [0.4, 0.5) is 10.5 Å². The molecule has 0 spiro atoms. The fraction of sp³-hybridized carbons (Fsp3) is 0.750. The number of anilines is 1. The van der Waals surface area contributed by atoms with E-state index in [9.17, 15) is 4.79 Å². The van der Waals surface area contributed by atoms with Crippen LogP contribution in [0.25, 0.3) is 0 Å². The molecule has 0 aliphatic heterocycles. The molecule has 1 fully saturated rings. The van der Waals surface area contributed by atoms with Gasteiger partial charge in [-0.3, -0.25) is 4.68 Å². The lowest BCUT2D eigenvalue weighted by molar-refractivity contribution is 0.0492. The molecule has 0 aromatic carbocycles. The van der Waals surface area contributed by atoms with Gasteiger partial charge in [-0.2, -0.15) is 5.10 Å². The third-order valence-electron chi connectivity index (χ3n) is 3.82. The molecule has 0 atom stereocenters. The molecule has 0 bridgehead atoms. The first kappa shape index (κ1) is 16.6. The molecular weight excluding hydrogens is 280 g/mol. The van der Waals surface area contributed by atoms with Gasteiger partial charge in [-0.25, -0.2) is 4.79 Å². The maximum atomic E-state index is 11.8. The minimum Gasteiger partial charge on any atom is -0.444 e. The number of alkyl carbamates (subject to hydrolysis) is 1. The topological polar surface area (TPSA) is 68.2 Å². The Hall–Kier alpha value is -1.72. The number of ether oxygens (including phenoxy) is 1. The maximum Gasteiger partial charge on any atom is 0.407 e. The number of hydrogen-bond donors (Lipinski definition) is 2. The molecule has 2 rings (SSSR count). The molecule has 0 radical (unpaired) electrons. The summed E-state index contributed by atoms with van der Waals surface area (Å²) in [5.74, 6) is 0. The Labute approximate surface area is 132 Å². The van der Waals surface area contributed by atoms with Crippen LogP contribution < -0.4 is 10.6 Å². The van der Waals surface area contributed by atoms with Gasteiger partial charge < -0.3 is 15.4 Å². The molecule has 2 N–H and O–H groups in total. The Morgan fingerprint density at radius 3 is 2.36 bits per heavy atom. The predicted molar refractivity (Wildman–Crippen MR) is 87.0 cm³/mol. The second-order valence-electron chi connectivity index (χ2n) is 7.14. The molecular formula is C16H28N4O2. The predicted octanol–water partition coefficient (Wildman–Crippen LogP) is 2.98. The lowest BCUT2D eigenvalue weighted by Gasteiger charge is -2.30. The molecule has 22 heavy (non-hydrogen) atoms. The smallest absolute Gasteiger partial charge is 0.407 e. The molecule has 1 heterocycles. The zero-order valence-corrected chi connectivity index (χ0v) is 14.3. The van der Waals surface area contributed by atoms with E-state index < -0.39 is 5.60 Å². The first-order valence-corrected chi connectivity index (χ1v) is 7.99. The van der Waals surface area contributed by atoms with E-state index in [1.807, 2.05) is 45.6 Å². The van der Waals surface area contributed by atoms with Crippen LogP contribution in [0.2, 0.25) is 0 Å². The lowest BCUT2D eigenvalue weighted by Crippen LogP contribution is -2.42. The minimum absolute atomic E-state index is 0.211. The molecule has 1 aliphatic rings. The summed E-state index contributed by atoms with van der Waals surface area (Å²) in [6, 6.07) is 0.655. The highest BCUT2D eigenvalue weighted by molar-refractivity contribution is 5.68. The third-order valence-corrected chi connectivity index (χ3v) is 3.82. The molecule has 0 unspecified atom stereocenters. The summed E-state index contributed by atoms with van der Waals surface area (Å²) in [6.07, 6.45) is 5.71. The number of nitrogens with zero attached hydrogens (tertiary/aromatic N) is 2. The van der Waals surface area contributed by atoms with E-state index in [1.54, 1.807) is 0 Å². The van der Waals surface area contributed by atoms with Crippen LogP contribution in [0.5, 0.6) is 0 Å². The number of hydrogen-bond acceptors (Lipinski definition) is 4. The van der Waals surface area contributed by atoms with Crippen LogP contribution in [0.1, 0.15) is 52.1 Å². The first-order chi connectivity index (χ1) is 10.2. The van der Waals surface area contributed by atoms with Gasteiger partial charge in [0.1, 0.15) is 5.60 Å². The zero-order chi connectivity index (χ0) is 16.3. The van der Waals surface area contributed by atoms with Gasteiger partial charge >= 0.3 is 6.09 Å². The van der Waals surface area contributed by atoms with Crippen molar-refractivity contribution in [2.24, 2.45) is 7.05 Å². The van der Waals surface area contributed by atoms with Crippen LogP contribution in [0.3, 0.4) is 0 Å². The van der Waals surface area contributed by atoms with E-state index in [2.05, 4.69) is 15.7 Å². The van der Waals surface area contributed by atoms with Crippen molar-refractivity contribution >= 4 is 11.8 Å². The summed E-state index contributed by atoms with van der Waals surface area (Å²) in [5, 5.41) is 10.9. The van der Waals surface area contributed by atoms with Crippen molar-refractivity contribution < 1.29 is 9.53 Å². The number of aryl methyl sites for hydroxylation is 2. The second-order valence-corrected chi connectivity index (χ2v) is 7.14. The fourth-order valence-corrected chi connectivity index (χ4v) is 2.82. The second kappa shape index (κ2) is 6.58. The van der Waals surface area contributed by atoms with Crippen molar-refractivity contribution in [1.82, 2.24) is 15.1 Å². The fourth-order valence-electron chi connectivity index (χ4n) is 2.82. The summed E-state index contributed by atoms with van der Waals surface area (Å²) >= 11 is 0. The van der Waals surface area contributed by atoms with Gasteiger partial charge in [0, 0.05) is 25.3 Å². The molecule has 6 heteroatoms. The van der Waals surface area contributed by atoms with Crippen LogP contribution in [-0.4, -0.2) is 33.6 Å². The summed E-state index contributed by atoms with van der Waals surface area (Å²) < 4.78 is 7.13. The van der Waals surface area contributed by atoms with E-state index in [4.69, 9.17) is 4.74 Å². The van der Waals surface area contributed by atoms with Crippen molar-refractivity contribution in [3.05, 3.63) is 11.9 Å². The first-order valence-electron chi connectivity index (χ1n) is 7.99. The van der Waals surface area contributed by atoms with Gasteiger partial charge in [0.05, 0.1) is 11.4 Å². The Morgan fingerprint density at radius 1 is 1.27 bits per heavy atom. The maximum absolute atomic E-state index is 11.8. The minimum atomic E-state index is -0.444. The Kier molecular flexibility index (Phi) is 4.98. The SMILES string of the molecule is Cc1nn(C)cc1NC1CCC(NC(=O)OC(C)(C)C)CC1. The van der Waals surface area contributed by atoms with Gasteiger partial charge in [-0.1, -0.05) is 0 Å². The summed E-state index contributed by atoms with van der Waals surface area (Å²) in [4.78, 5) is 11.8. The molecule has 1 aliphatic carbocycles. The number of nitrogens with one attached hydrogen (secondary N) is 2. The standard InChI is InChI=1S/C16H28N4O2/c1-11-14(10-20(5)19-11)17-12-6-8-13(9-7-12)18-15(21)22-16(2,3)4/h10,12-13,17H,6-9H2,1-5H3,(H,18,21). The summed E-state index contributed by atoms with van der Waals surface area (Å²) in [6.45, 7) is 7.65. The van der Waals surface area contributed by atoms with E-state index in [0.29, 0.717) is 6.04 Å². The highest BCUT2D eigenvalue weighted by Crippen LogP contribution is 2.23. The van der Waals surface area contributed by atoms with Crippen LogP contribution in [-0.2, 0) is 11.8 Å². The summed E-state index contributed by atoms with van der Waals surface area (Å²) in [5.41, 5.74) is 1.68. The van der Waals surface area contributed by atoms with Gasteiger partial charge in [-0.15, -0.1) is 0 Å². The highest BCUT2D eigenvalue weighted by Gasteiger charge is 2.25. The zero-order valence-electron chi connectivity index (χ0n) is 14.3. The number of carbonyl (C=O) groups excluding carboxylic acids is 1. The molecule has 1 saturated carbocycles. The van der Waals surface area contributed by atoms with Gasteiger partial charge in [-0.05, 0) is 53.4 Å². The molecule has 1 aromatic rings. The van der Waals surface area contributed by atoms with Crippen molar-refractivity contribution in [2.75, 3.05) is 5.32 Å². The quantitative estimate of drug-likeness (QED) is 0.901. The van der Waals surface area contributed by atoms with E-state index in [0.717, 1.165) is 37.1 Å². The molecule has 1 amide bonds. The Morgan fingerprint density at radius 2 is 1.86 bits per heavy atom. The molecule has 124 valence electrons. The average Bonchev–Trinajstić information content (AvgIpc) is 2.68. The molecule has 1 aromatic heterocycles. The van der Waals surface area contributed by atoms with Gasteiger partial charge in [0.2, 0.25) is 0 Å². The molecule has 0 saturated heterocycles. The summed E-state index contributed by atoms with van der Waals surface area (Å²) in [7, 11) is 1.93. The van der Waals surface area contributed by atoms with Crippen LogP contribution in [0.15, 0.2) is 6.20 Å². The largest absolute Gasteiger partial charge is 0.444 e. The van der Waals surface area contributed by atoms with Crippen molar-refractivity contribution in [3.63, 3.8) is 0 Å². The van der Waals surface area contributed by atoms with Crippen molar-refractivity contribution in [2.45, 2.75) is 71.1 Å². The number of amides is 1. The Balaban J connectivity index is 1.76.